The number of allylic oxidation sites excluding steroid dienone is 1. The predicted molar refractivity (Wildman–Crippen MR) is 104 cm³/mol. The van der Waals surface area contributed by atoms with E-state index >= 15 is 0 Å². The molecule has 2 aliphatic heterocycles. The molecule has 0 amide bonds. The summed E-state index contributed by atoms with van der Waals surface area (Å²) in [7, 11) is 0. The lowest BCUT2D eigenvalue weighted by molar-refractivity contribution is -0.373. The van der Waals surface area contributed by atoms with Gasteiger partial charge in [-0.15, -0.1) is 0 Å². The lowest BCUT2D eigenvalue weighted by Gasteiger charge is -2.75. The van der Waals surface area contributed by atoms with Crippen LogP contribution in [0.3, 0.4) is 0 Å². The van der Waals surface area contributed by atoms with E-state index in [2.05, 4.69) is 40.3 Å². The fourth-order valence-corrected chi connectivity index (χ4v) is 9.78. The van der Waals surface area contributed by atoms with Crippen LogP contribution in [0.5, 0.6) is 0 Å². The lowest BCUT2D eigenvalue weighted by atomic mass is 9.34. The van der Waals surface area contributed by atoms with Crippen molar-refractivity contribution in [2.24, 2.45) is 45.3 Å². The van der Waals surface area contributed by atoms with Gasteiger partial charge in [0.2, 0.25) is 0 Å². The first-order valence-corrected chi connectivity index (χ1v) is 10.9. The summed E-state index contributed by atoms with van der Waals surface area (Å²) >= 11 is 0. The Balaban J connectivity index is 1.72. The van der Waals surface area contributed by atoms with Crippen LogP contribution in [-0.4, -0.2) is 40.4 Å². The molecule has 4 nitrogen and oxygen atoms in total. The number of fused-ring (bicyclic) bond motifs is 1. The van der Waals surface area contributed by atoms with Crippen LogP contribution >= 0.6 is 0 Å². The second-order valence-electron chi connectivity index (χ2n) is 11.8. The minimum atomic E-state index is -0.890. The summed E-state index contributed by atoms with van der Waals surface area (Å²) in [5.41, 5.74) is -1.95. The summed E-state index contributed by atoms with van der Waals surface area (Å²) in [4.78, 5) is 14.0. The number of rotatable bonds is 0. The molecule has 0 aromatic rings. The van der Waals surface area contributed by atoms with Crippen LogP contribution in [0.25, 0.3) is 0 Å². The molecule has 7 rings (SSSR count). The van der Waals surface area contributed by atoms with Crippen molar-refractivity contribution in [3.8, 4) is 0 Å². The number of hydrogen-bond acceptors (Lipinski definition) is 4. The van der Waals surface area contributed by atoms with Crippen molar-refractivity contribution in [2.75, 3.05) is 6.61 Å². The van der Waals surface area contributed by atoms with Crippen molar-refractivity contribution in [1.29, 1.82) is 0 Å². The van der Waals surface area contributed by atoms with Gasteiger partial charge in [-0.25, -0.2) is 0 Å². The highest BCUT2D eigenvalue weighted by Crippen LogP contribution is 2.84. The Hall–Kier alpha value is -0.970. The fourth-order valence-electron chi connectivity index (χ4n) is 9.78. The molecular weight excluding hydrogens is 352 g/mol. The first-order chi connectivity index (χ1) is 13.0. The highest BCUT2D eigenvalue weighted by molar-refractivity contribution is 6.05. The molecule has 0 unspecified atom stereocenters. The zero-order valence-electron chi connectivity index (χ0n) is 17.4. The van der Waals surface area contributed by atoms with Gasteiger partial charge in [0.15, 0.2) is 5.78 Å². The largest absolute Gasteiger partial charge is 0.390 e. The van der Waals surface area contributed by atoms with Crippen molar-refractivity contribution < 1.29 is 19.7 Å². The maximum atomic E-state index is 14.0. The molecule has 0 aromatic carbocycles. The van der Waals surface area contributed by atoms with Crippen molar-refractivity contribution in [3.63, 3.8) is 0 Å². The van der Waals surface area contributed by atoms with Crippen LogP contribution in [0.1, 0.15) is 47.0 Å². The Labute approximate surface area is 167 Å². The van der Waals surface area contributed by atoms with Gasteiger partial charge in [-0.2, -0.15) is 0 Å². The molecule has 2 heterocycles. The van der Waals surface area contributed by atoms with Gasteiger partial charge in [0.25, 0.3) is 0 Å². The van der Waals surface area contributed by atoms with E-state index < -0.39 is 34.1 Å². The van der Waals surface area contributed by atoms with Gasteiger partial charge >= 0.3 is 0 Å². The standard InChI is InChI=1S/C24H32O4/c1-12-13-6-7-15-22-9-8-16(25)21(4,5)17(22)19(27)24(28-11-22)20(2,3)10-14(13)23(15,24)18(12)26/h8-9,13-17,19,25,27H,1,6-7,10-11H2,2-5H3/t13-,14+,15-,16-,17+,19-,22+,23-,24-/m0/s1. The van der Waals surface area contributed by atoms with Crippen molar-refractivity contribution in [1.82, 2.24) is 0 Å². The van der Waals surface area contributed by atoms with E-state index in [9.17, 15) is 15.0 Å². The van der Waals surface area contributed by atoms with Crippen molar-refractivity contribution in [3.05, 3.63) is 24.3 Å². The first kappa shape index (κ1) is 17.9. The van der Waals surface area contributed by atoms with Gasteiger partial charge in [0, 0.05) is 16.7 Å². The van der Waals surface area contributed by atoms with Gasteiger partial charge in [0.1, 0.15) is 5.60 Å². The first-order valence-electron chi connectivity index (χ1n) is 10.9. The Kier molecular flexibility index (Phi) is 2.89. The van der Waals surface area contributed by atoms with E-state index in [1.807, 2.05) is 6.08 Å². The molecule has 4 heteroatoms. The maximum absolute atomic E-state index is 14.0. The van der Waals surface area contributed by atoms with Crippen LogP contribution in [0.2, 0.25) is 0 Å². The average molecular weight is 385 g/mol. The molecule has 2 saturated heterocycles. The van der Waals surface area contributed by atoms with Crippen LogP contribution in [0.4, 0.5) is 0 Å². The highest BCUT2D eigenvalue weighted by Gasteiger charge is 2.90. The number of carbonyl (C=O) groups is 1. The zero-order valence-corrected chi connectivity index (χ0v) is 17.4. The summed E-state index contributed by atoms with van der Waals surface area (Å²) in [6, 6.07) is 0. The Morgan fingerprint density at radius 2 is 1.89 bits per heavy atom. The maximum Gasteiger partial charge on any atom is 0.168 e. The third kappa shape index (κ3) is 1.34. The number of Topliss-reactive ketones (excluding diaryl/α,β-unsaturated/α-hetero) is 1. The van der Waals surface area contributed by atoms with Crippen LogP contribution in [0, 0.1) is 45.3 Å². The van der Waals surface area contributed by atoms with Crippen LogP contribution in [-0.2, 0) is 9.53 Å². The van der Waals surface area contributed by atoms with Crippen LogP contribution in [0.15, 0.2) is 24.3 Å². The Morgan fingerprint density at radius 3 is 2.61 bits per heavy atom. The number of ether oxygens (including phenoxy) is 1. The Bertz CT molecular complexity index is 855. The van der Waals surface area contributed by atoms with E-state index in [0.29, 0.717) is 6.61 Å². The zero-order chi connectivity index (χ0) is 20.1. The minimum absolute atomic E-state index is 0.124. The van der Waals surface area contributed by atoms with Crippen molar-refractivity contribution in [2.45, 2.75) is 64.8 Å². The van der Waals surface area contributed by atoms with E-state index in [4.69, 9.17) is 4.74 Å². The van der Waals surface area contributed by atoms with E-state index in [1.54, 1.807) is 0 Å². The molecule has 28 heavy (non-hydrogen) atoms. The van der Waals surface area contributed by atoms with Gasteiger partial charge in [-0.1, -0.05) is 46.4 Å². The smallest absolute Gasteiger partial charge is 0.168 e. The second kappa shape index (κ2) is 4.53. The summed E-state index contributed by atoms with van der Waals surface area (Å²) in [6.45, 7) is 13.3. The molecule has 4 saturated carbocycles. The molecule has 4 bridgehead atoms. The minimum Gasteiger partial charge on any atom is -0.390 e. The molecular formula is C24H32O4. The highest BCUT2D eigenvalue weighted by atomic mass is 16.5. The van der Waals surface area contributed by atoms with Crippen molar-refractivity contribution >= 4 is 5.78 Å². The average Bonchev–Trinajstić information content (AvgIpc) is 2.89. The molecule has 3 spiro atoms. The SMILES string of the molecule is C=C1C(=O)[C@@]23[C@@H]4CC(C)(C)[C@]25OC[C@]2(C=C[C@H](O)C(C)(C)[C@H]2[C@@H]5O)[C@@H]3CC[C@@H]14. The van der Waals surface area contributed by atoms with Crippen LogP contribution < -0.4 is 0 Å². The van der Waals surface area contributed by atoms with Gasteiger partial charge in [-0.05, 0) is 48.0 Å². The number of carbonyl (C=O) groups excluding carboxylic acids is 1. The van der Waals surface area contributed by atoms with E-state index in [-0.39, 0.29) is 34.9 Å². The van der Waals surface area contributed by atoms with Gasteiger partial charge in [0.05, 0.1) is 24.2 Å². The van der Waals surface area contributed by atoms with Gasteiger partial charge < -0.3 is 14.9 Å². The molecule has 7 aliphatic rings. The van der Waals surface area contributed by atoms with E-state index in [1.165, 1.54) is 0 Å². The monoisotopic (exact) mass is 384 g/mol. The molecule has 0 aromatic heterocycles. The molecule has 0 radical (unpaired) electrons. The quantitative estimate of drug-likeness (QED) is 0.498. The second-order valence-corrected chi connectivity index (χ2v) is 11.8. The number of aliphatic hydroxyl groups is 2. The topological polar surface area (TPSA) is 66.8 Å². The third-order valence-electron chi connectivity index (χ3n) is 10.5. The Morgan fingerprint density at radius 1 is 1.18 bits per heavy atom. The summed E-state index contributed by atoms with van der Waals surface area (Å²) in [6.07, 6.45) is 5.53. The molecule has 2 N–H and O–H groups in total. The normalized spacial score (nSPS) is 59.4. The third-order valence-corrected chi connectivity index (χ3v) is 10.5. The van der Waals surface area contributed by atoms with Gasteiger partial charge in [-0.3, -0.25) is 4.79 Å². The summed E-state index contributed by atoms with van der Waals surface area (Å²) in [5.74, 6) is 0.654. The number of aliphatic hydroxyl groups excluding tert-OH is 2. The fraction of sp³-hybridized carbons (Fsp3) is 0.792. The molecule has 5 aliphatic carbocycles. The summed E-state index contributed by atoms with van der Waals surface area (Å²) in [5, 5.41) is 22.9. The van der Waals surface area contributed by atoms with E-state index in [0.717, 1.165) is 24.8 Å². The predicted octanol–water partition coefficient (Wildman–Crippen LogP) is 2.89. The summed E-state index contributed by atoms with van der Waals surface area (Å²) < 4.78 is 6.74. The lowest BCUT2D eigenvalue weighted by Crippen LogP contribution is -2.83. The molecule has 6 fully saturated rings. The number of ketones is 1. The molecule has 9 atom stereocenters. The molecule has 152 valence electrons. The number of hydrogen-bond donors (Lipinski definition) is 2.